The second-order valence-corrected chi connectivity index (χ2v) is 6.67. The molecule has 0 N–H and O–H groups in total. The molecule has 2 aromatic rings. The van der Waals surface area contributed by atoms with Crippen LogP contribution in [0.3, 0.4) is 0 Å². The molecule has 0 aliphatic carbocycles. The van der Waals surface area contributed by atoms with Gasteiger partial charge in [0.25, 0.3) is 0 Å². The zero-order valence-electron chi connectivity index (χ0n) is 13.0. The molecule has 0 heterocycles. The normalized spacial score (nSPS) is 10.8. The smallest absolute Gasteiger partial charge is 0.0595 e. The van der Waals surface area contributed by atoms with Gasteiger partial charge in [0.1, 0.15) is 0 Å². The first-order chi connectivity index (χ1) is 10.8. The number of unbranched alkanes of at least 4 members (excludes halogenated alkanes) is 5. The average Bonchev–Trinajstić information content (AvgIpc) is 2.54. The van der Waals surface area contributed by atoms with Crippen molar-refractivity contribution in [3.8, 4) is 0 Å². The highest BCUT2D eigenvalue weighted by Crippen LogP contribution is 2.23. The molecule has 118 valence electrons. The summed E-state index contributed by atoms with van der Waals surface area (Å²) in [6, 6.07) is 16.7. The van der Waals surface area contributed by atoms with Crippen molar-refractivity contribution in [2.75, 3.05) is 0 Å². The van der Waals surface area contributed by atoms with Gasteiger partial charge in [-0.1, -0.05) is 85.3 Å². The van der Waals surface area contributed by atoms with E-state index < -0.39 is 0 Å². The maximum atomic E-state index is 6.03. The van der Waals surface area contributed by atoms with Crippen LogP contribution < -0.4 is 0 Å². The first-order valence-corrected chi connectivity index (χ1v) is 8.99. The van der Waals surface area contributed by atoms with E-state index in [-0.39, 0.29) is 0 Å². The van der Waals surface area contributed by atoms with Gasteiger partial charge < -0.3 is 0 Å². The van der Waals surface area contributed by atoms with Gasteiger partial charge in [-0.15, -0.1) is 0 Å². The second-order valence-electron chi connectivity index (χ2n) is 5.86. The van der Waals surface area contributed by atoms with Crippen molar-refractivity contribution in [1.29, 1.82) is 0 Å². The van der Waals surface area contributed by atoms with Crippen molar-refractivity contribution in [2.45, 2.75) is 51.4 Å². The van der Waals surface area contributed by atoms with E-state index in [4.69, 9.17) is 23.2 Å². The number of aryl methyl sites for hydroxylation is 2. The Labute approximate surface area is 144 Å². The minimum atomic E-state index is 0.642. The molecule has 0 fully saturated rings. The SMILES string of the molecule is Clc1ccc(CCCCCCCCc2ccccc2)cc1Cl. The van der Waals surface area contributed by atoms with Gasteiger partial charge in [0.15, 0.2) is 0 Å². The van der Waals surface area contributed by atoms with Gasteiger partial charge in [-0.3, -0.25) is 0 Å². The van der Waals surface area contributed by atoms with E-state index in [1.807, 2.05) is 12.1 Å². The Kier molecular flexibility index (Phi) is 7.83. The summed E-state index contributed by atoms with van der Waals surface area (Å²) >= 11 is 12.0. The van der Waals surface area contributed by atoms with Crippen LogP contribution in [0.1, 0.15) is 49.7 Å². The molecule has 0 bridgehead atoms. The topological polar surface area (TPSA) is 0 Å². The highest BCUT2D eigenvalue weighted by atomic mass is 35.5. The Hall–Kier alpha value is -0.980. The molecule has 0 nitrogen and oxygen atoms in total. The summed E-state index contributed by atoms with van der Waals surface area (Å²) < 4.78 is 0. The van der Waals surface area contributed by atoms with Crippen molar-refractivity contribution in [1.82, 2.24) is 0 Å². The standard InChI is InChI=1S/C20H24Cl2/c21-19-15-14-18(16-20(19)22)13-7-4-2-1-3-6-10-17-11-8-5-9-12-17/h5,8-9,11-12,14-16H,1-4,6-7,10,13H2. The van der Waals surface area contributed by atoms with Crippen LogP contribution in [-0.2, 0) is 12.8 Å². The summed E-state index contributed by atoms with van der Waals surface area (Å²) in [6.45, 7) is 0. The number of benzene rings is 2. The van der Waals surface area contributed by atoms with E-state index in [2.05, 4.69) is 36.4 Å². The Morgan fingerprint density at radius 3 is 1.77 bits per heavy atom. The van der Waals surface area contributed by atoms with Gasteiger partial charge in [0.05, 0.1) is 10.0 Å². The number of hydrogen-bond donors (Lipinski definition) is 0. The van der Waals surface area contributed by atoms with Crippen molar-refractivity contribution in [2.24, 2.45) is 0 Å². The maximum absolute atomic E-state index is 6.03. The van der Waals surface area contributed by atoms with Crippen LogP contribution in [0.15, 0.2) is 48.5 Å². The lowest BCUT2D eigenvalue weighted by Gasteiger charge is -2.04. The lowest BCUT2D eigenvalue weighted by molar-refractivity contribution is 0.594. The van der Waals surface area contributed by atoms with Crippen LogP contribution in [-0.4, -0.2) is 0 Å². The van der Waals surface area contributed by atoms with Gasteiger partial charge in [0, 0.05) is 0 Å². The maximum Gasteiger partial charge on any atom is 0.0595 e. The van der Waals surface area contributed by atoms with E-state index in [9.17, 15) is 0 Å². The van der Waals surface area contributed by atoms with Gasteiger partial charge in [-0.2, -0.15) is 0 Å². The van der Waals surface area contributed by atoms with Gasteiger partial charge in [-0.05, 0) is 48.9 Å². The zero-order valence-corrected chi connectivity index (χ0v) is 14.5. The van der Waals surface area contributed by atoms with E-state index in [1.165, 1.54) is 56.1 Å². The van der Waals surface area contributed by atoms with E-state index >= 15 is 0 Å². The fraction of sp³-hybridized carbons (Fsp3) is 0.400. The van der Waals surface area contributed by atoms with Gasteiger partial charge >= 0.3 is 0 Å². The number of rotatable bonds is 9. The second kappa shape index (κ2) is 9.92. The fourth-order valence-corrected chi connectivity index (χ4v) is 3.03. The molecule has 2 rings (SSSR count). The van der Waals surface area contributed by atoms with Crippen molar-refractivity contribution in [3.63, 3.8) is 0 Å². The summed E-state index contributed by atoms with van der Waals surface area (Å²) in [7, 11) is 0. The Bertz CT molecular complexity index is 549. The molecule has 0 saturated carbocycles. The lowest BCUT2D eigenvalue weighted by Crippen LogP contribution is -1.88. The predicted octanol–water partition coefficient (Wildman–Crippen LogP) is 7.12. The molecule has 0 atom stereocenters. The van der Waals surface area contributed by atoms with E-state index in [0.717, 1.165) is 6.42 Å². The van der Waals surface area contributed by atoms with Crippen LogP contribution >= 0.6 is 23.2 Å². The predicted molar refractivity (Wildman–Crippen MR) is 98.0 cm³/mol. The average molecular weight is 335 g/mol. The fourth-order valence-electron chi connectivity index (χ4n) is 2.71. The largest absolute Gasteiger partial charge is 0.0827 e. The molecular formula is C20H24Cl2. The Balaban J connectivity index is 1.50. The van der Waals surface area contributed by atoms with Crippen molar-refractivity contribution < 1.29 is 0 Å². The van der Waals surface area contributed by atoms with Crippen LogP contribution in [0, 0.1) is 0 Å². The molecule has 0 aliphatic rings. The molecule has 2 heteroatoms. The molecule has 0 unspecified atom stereocenters. The van der Waals surface area contributed by atoms with Crippen LogP contribution in [0.5, 0.6) is 0 Å². The lowest BCUT2D eigenvalue weighted by atomic mass is 10.0. The molecule has 0 aromatic heterocycles. The van der Waals surface area contributed by atoms with Gasteiger partial charge in [0.2, 0.25) is 0 Å². The van der Waals surface area contributed by atoms with Crippen molar-refractivity contribution >= 4 is 23.2 Å². The summed E-state index contributed by atoms with van der Waals surface area (Å²) in [4.78, 5) is 0. The number of hydrogen-bond acceptors (Lipinski definition) is 0. The summed E-state index contributed by atoms with van der Waals surface area (Å²) in [5.74, 6) is 0. The molecular weight excluding hydrogens is 311 g/mol. The highest BCUT2D eigenvalue weighted by molar-refractivity contribution is 6.42. The Morgan fingerprint density at radius 1 is 0.545 bits per heavy atom. The third-order valence-electron chi connectivity index (χ3n) is 4.01. The summed E-state index contributed by atoms with van der Waals surface area (Å²) in [5, 5.41) is 1.31. The third-order valence-corrected chi connectivity index (χ3v) is 4.75. The molecule has 0 spiro atoms. The van der Waals surface area contributed by atoms with Crippen LogP contribution in [0.2, 0.25) is 10.0 Å². The molecule has 22 heavy (non-hydrogen) atoms. The first-order valence-electron chi connectivity index (χ1n) is 8.23. The van der Waals surface area contributed by atoms with E-state index in [0.29, 0.717) is 10.0 Å². The first kappa shape index (κ1) is 17.4. The third kappa shape index (κ3) is 6.42. The monoisotopic (exact) mass is 334 g/mol. The summed E-state index contributed by atoms with van der Waals surface area (Å²) in [6.07, 6.45) is 10.1. The van der Waals surface area contributed by atoms with Gasteiger partial charge in [-0.25, -0.2) is 0 Å². The minimum Gasteiger partial charge on any atom is -0.0827 e. The van der Waals surface area contributed by atoms with Crippen LogP contribution in [0.25, 0.3) is 0 Å². The highest BCUT2D eigenvalue weighted by Gasteiger charge is 2.00. The van der Waals surface area contributed by atoms with E-state index in [1.54, 1.807) is 0 Å². The molecule has 0 saturated heterocycles. The van der Waals surface area contributed by atoms with Crippen LogP contribution in [0.4, 0.5) is 0 Å². The summed E-state index contributed by atoms with van der Waals surface area (Å²) in [5.41, 5.74) is 2.75. The Morgan fingerprint density at radius 2 is 1.14 bits per heavy atom. The molecule has 2 aromatic carbocycles. The molecule has 0 aliphatic heterocycles. The van der Waals surface area contributed by atoms with Crippen molar-refractivity contribution in [3.05, 3.63) is 69.7 Å². The number of halogens is 2. The molecule has 0 amide bonds. The minimum absolute atomic E-state index is 0.642. The molecule has 0 radical (unpaired) electrons. The zero-order chi connectivity index (χ0) is 15.6. The quantitative estimate of drug-likeness (QED) is 0.428.